The maximum absolute atomic E-state index is 13.6. The molecule has 0 bridgehead atoms. The Hall–Kier alpha value is -0.600. The van der Waals surface area contributed by atoms with Crippen molar-refractivity contribution in [3.63, 3.8) is 0 Å². The first kappa shape index (κ1) is 16.4. The van der Waals surface area contributed by atoms with Crippen molar-refractivity contribution in [1.29, 1.82) is 0 Å². The molecule has 0 N–H and O–H groups in total. The summed E-state index contributed by atoms with van der Waals surface area (Å²) >= 11 is 0. The van der Waals surface area contributed by atoms with E-state index in [1.807, 2.05) is 0 Å². The lowest BCUT2D eigenvalue weighted by molar-refractivity contribution is -0.354. The summed E-state index contributed by atoms with van der Waals surface area (Å²) in [5, 5.41) is 0. The van der Waals surface area contributed by atoms with Gasteiger partial charge in [-0.15, -0.1) is 0 Å². The van der Waals surface area contributed by atoms with E-state index in [-0.39, 0.29) is 0 Å². The fraction of sp³-hybridized carbons (Fsp3) is 1.00. The minimum Gasteiger partial charge on any atom is -0.341 e. The first-order valence-corrected chi connectivity index (χ1v) is 4.45. The van der Waals surface area contributed by atoms with E-state index in [1.165, 1.54) is 0 Å². The molecule has 0 radical (unpaired) electrons. The van der Waals surface area contributed by atoms with E-state index in [0.717, 1.165) is 6.92 Å². The molecule has 0 fully saturated rings. The van der Waals surface area contributed by atoms with Crippen LogP contribution in [-0.2, 0) is 4.74 Å². The topological polar surface area (TPSA) is 9.23 Å². The second-order valence-electron chi connectivity index (χ2n) is 3.13. The van der Waals surface area contributed by atoms with Crippen molar-refractivity contribution in [2.24, 2.45) is 0 Å². The Morgan fingerprint density at radius 3 is 1.76 bits per heavy atom. The lowest BCUT2D eigenvalue weighted by Gasteiger charge is -2.38. The number of hydrogen-bond acceptors (Lipinski definition) is 1. The molecule has 9 heteroatoms. The van der Waals surface area contributed by atoms with Crippen LogP contribution in [0.2, 0.25) is 0 Å². The van der Waals surface area contributed by atoms with E-state index < -0.39 is 43.8 Å². The van der Waals surface area contributed by atoms with Crippen LogP contribution >= 0.6 is 0 Å². The van der Waals surface area contributed by atoms with Crippen molar-refractivity contribution < 1.29 is 39.9 Å². The minimum atomic E-state index is -6.08. The number of hydrogen-bond donors (Lipinski definition) is 0. The highest BCUT2D eigenvalue weighted by atomic mass is 19.4. The van der Waals surface area contributed by atoms with Gasteiger partial charge in [0.2, 0.25) is 0 Å². The van der Waals surface area contributed by atoms with Crippen LogP contribution in [0.15, 0.2) is 0 Å². The van der Waals surface area contributed by atoms with Crippen LogP contribution < -0.4 is 0 Å². The van der Waals surface area contributed by atoms with Crippen LogP contribution in [0.5, 0.6) is 0 Å². The summed E-state index contributed by atoms with van der Waals surface area (Å²) in [6.45, 7) is -5.17. The lowest BCUT2D eigenvalue weighted by atomic mass is 9.93. The van der Waals surface area contributed by atoms with Crippen molar-refractivity contribution in [3.05, 3.63) is 0 Å². The molecule has 0 aromatic heterocycles. The first-order chi connectivity index (χ1) is 7.60. The summed E-state index contributed by atoms with van der Waals surface area (Å²) in [6.07, 6.45) is -9.67. The van der Waals surface area contributed by atoms with Crippen LogP contribution in [0.4, 0.5) is 35.1 Å². The fourth-order valence-electron chi connectivity index (χ4n) is 1.12. The van der Waals surface area contributed by atoms with E-state index in [9.17, 15) is 35.1 Å². The third-order valence-electron chi connectivity index (χ3n) is 2.07. The van der Waals surface area contributed by atoms with Gasteiger partial charge in [-0.25, -0.2) is 22.0 Å². The average molecular weight is 274 g/mol. The third kappa shape index (κ3) is 2.63. The van der Waals surface area contributed by atoms with Crippen molar-refractivity contribution in [2.45, 2.75) is 30.8 Å². The van der Waals surface area contributed by atoms with Crippen LogP contribution in [0.3, 0.4) is 0 Å². The molecule has 0 saturated heterocycles. The molecule has 104 valence electrons. The highest BCUT2D eigenvalue weighted by Crippen LogP contribution is 2.47. The molecule has 0 aliphatic carbocycles. The van der Waals surface area contributed by atoms with Gasteiger partial charge in [0.25, 0.3) is 11.5 Å². The molecule has 0 heterocycles. The van der Waals surface area contributed by atoms with Gasteiger partial charge >= 0.3 is 6.18 Å². The second-order valence-corrected chi connectivity index (χ2v) is 3.13. The van der Waals surface area contributed by atoms with Crippen molar-refractivity contribution in [3.8, 4) is 0 Å². The molecule has 1 nitrogen and oxygen atoms in total. The van der Waals surface area contributed by atoms with Crippen molar-refractivity contribution in [2.75, 3.05) is 20.0 Å². The summed E-state index contributed by atoms with van der Waals surface area (Å²) in [7, 11) is 0. The van der Waals surface area contributed by atoms with Crippen LogP contribution in [-0.4, -0.2) is 43.8 Å². The van der Waals surface area contributed by atoms with Gasteiger partial charge in [0, 0.05) is 6.61 Å². The van der Waals surface area contributed by atoms with Crippen molar-refractivity contribution >= 4 is 0 Å². The number of alkyl halides is 8. The highest BCUT2D eigenvalue weighted by molar-refractivity contribution is 5.04. The van der Waals surface area contributed by atoms with Crippen LogP contribution in [0.25, 0.3) is 0 Å². The van der Waals surface area contributed by atoms with Gasteiger partial charge in [-0.05, 0) is 6.92 Å². The number of halogens is 8. The van der Waals surface area contributed by atoms with E-state index in [1.54, 1.807) is 0 Å². The molecule has 3 atom stereocenters. The Labute approximate surface area is 91.7 Å². The standard InChI is InChI=1S/C8H10F8O/c1-2-17-7(13,5(11)3-9)6(12,4-10)8(14,15)16/h5H,2-4H2,1H3. The normalized spacial score (nSPS) is 21.7. The largest absolute Gasteiger partial charge is 0.430 e. The van der Waals surface area contributed by atoms with Gasteiger partial charge < -0.3 is 4.74 Å². The summed E-state index contributed by atoms with van der Waals surface area (Å²) in [5.41, 5.74) is -5.26. The smallest absolute Gasteiger partial charge is 0.341 e. The Morgan fingerprint density at radius 2 is 1.53 bits per heavy atom. The van der Waals surface area contributed by atoms with Gasteiger partial charge in [0.1, 0.15) is 13.3 Å². The van der Waals surface area contributed by atoms with Gasteiger partial charge in [-0.2, -0.15) is 13.2 Å². The second kappa shape index (κ2) is 5.36. The zero-order valence-corrected chi connectivity index (χ0v) is 8.63. The summed E-state index contributed by atoms with van der Waals surface area (Å²) in [4.78, 5) is 0. The van der Waals surface area contributed by atoms with E-state index in [4.69, 9.17) is 0 Å². The summed E-state index contributed by atoms with van der Waals surface area (Å²) in [6, 6.07) is 0. The molecular weight excluding hydrogens is 264 g/mol. The van der Waals surface area contributed by atoms with Gasteiger partial charge in [-0.3, -0.25) is 0 Å². The Morgan fingerprint density at radius 1 is 1.06 bits per heavy atom. The maximum atomic E-state index is 13.6. The van der Waals surface area contributed by atoms with Crippen LogP contribution in [0.1, 0.15) is 6.92 Å². The first-order valence-electron chi connectivity index (χ1n) is 4.45. The molecular formula is C8H10F8O. The quantitative estimate of drug-likeness (QED) is 0.676. The number of rotatable bonds is 6. The molecule has 0 spiro atoms. The molecule has 0 rings (SSSR count). The van der Waals surface area contributed by atoms with Gasteiger partial charge in [0.05, 0.1) is 0 Å². The molecule has 3 unspecified atom stereocenters. The van der Waals surface area contributed by atoms with Gasteiger partial charge in [0.15, 0.2) is 6.17 Å². The molecule has 0 aromatic carbocycles. The Bertz CT molecular complexity index is 244. The molecule has 0 saturated carbocycles. The number of ether oxygens (including phenoxy) is 1. The zero-order chi connectivity index (χ0) is 13.9. The third-order valence-corrected chi connectivity index (χ3v) is 2.07. The highest BCUT2D eigenvalue weighted by Gasteiger charge is 2.74. The van der Waals surface area contributed by atoms with E-state index >= 15 is 0 Å². The van der Waals surface area contributed by atoms with E-state index in [0.29, 0.717) is 0 Å². The van der Waals surface area contributed by atoms with E-state index in [2.05, 4.69) is 4.74 Å². The Kier molecular flexibility index (Phi) is 5.17. The Balaban J connectivity index is 5.56. The fourth-order valence-corrected chi connectivity index (χ4v) is 1.12. The van der Waals surface area contributed by atoms with Crippen molar-refractivity contribution in [1.82, 2.24) is 0 Å². The predicted molar refractivity (Wildman–Crippen MR) is 42.2 cm³/mol. The molecule has 0 amide bonds. The molecule has 0 aliphatic rings. The summed E-state index contributed by atoms with van der Waals surface area (Å²) in [5.74, 6) is -4.76. The monoisotopic (exact) mass is 274 g/mol. The zero-order valence-electron chi connectivity index (χ0n) is 8.63. The molecule has 0 aromatic rings. The van der Waals surface area contributed by atoms with Crippen LogP contribution in [0, 0.1) is 0 Å². The molecule has 17 heavy (non-hydrogen) atoms. The molecule has 0 aliphatic heterocycles. The predicted octanol–water partition coefficient (Wildman–Crippen LogP) is 3.24. The minimum absolute atomic E-state index is 0.890. The SMILES string of the molecule is CCOC(F)(C(F)CF)C(F)(CF)C(F)(F)F. The maximum Gasteiger partial charge on any atom is 0.430 e. The lowest BCUT2D eigenvalue weighted by Crippen LogP contribution is -2.65. The van der Waals surface area contributed by atoms with Gasteiger partial charge in [-0.1, -0.05) is 0 Å². The average Bonchev–Trinajstić information content (AvgIpc) is 2.25. The summed E-state index contributed by atoms with van der Waals surface area (Å²) < 4.78 is 104.